The van der Waals surface area contributed by atoms with Gasteiger partial charge in [-0.3, -0.25) is 14.4 Å². The first-order chi connectivity index (χ1) is 13.3. The predicted molar refractivity (Wildman–Crippen MR) is 101 cm³/mol. The first kappa shape index (κ1) is 18.4. The van der Waals surface area contributed by atoms with Crippen molar-refractivity contribution in [1.82, 2.24) is 0 Å². The molecule has 2 bridgehead atoms. The average molecular weight is 386 g/mol. The highest BCUT2D eigenvalue weighted by Crippen LogP contribution is 2.61. The van der Waals surface area contributed by atoms with Gasteiger partial charge in [-0.2, -0.15) is 0 Å². The maximum Gasteiger partial charge on any atom is 0.320 e. The summed E-state index contributed by atoms with van der Waals surface area (Å²) in [6, 6.07) is 0. The smallest absolute Gasteiger partial charge is 0.320 e. The summed E-state index contributed by atoms with van der Waals surface area (Å²) in [4.78, 5) is 38.0. The fourth-order valence-corrected chi connectivity index (χ4v) is 7.02. The van der Waals surface area contributed by atoms with Crippen molar-refractivity contribution >= 4 is 17.7 Å². The minimum Gasteiger partial charge on any atom is -0.461 e. The van der Waals surface area contributed by atoms with Crippen molar-refractivity contribution in [3.63, 3.8) is 0 Å². The Bertz CT molecular complexity index is 734. The van der Waals surface area contributed by atoms with Gasteiger partial charge in [-0.1, -0.05) is 32.9 Å². The maximum absolute atomic E-state index is 12.9. The van der Waals surface area contributed by atoms with E-state index in [0.29, 0.717) is 36.5 Å². The van der Waals surface area contributed by atoms with E-state index >= 15 is 0 Å². The summed E-state index contributed by atoms with van der Waals surface area (Å²) < 4.78 is 11.5. The van der Waals surface area contributed by atoms with Crippen molar-refractivity contribution in [3.8, 4) is 0 Å². The lowest BCUT2D eigenvalue weighted by molar-refractivity contribution is -0.202. The number of hydrogen-bond donors (Lipinski definition) is 0. The van der Waals surface area contributed by atoms with Crippen LogP contribution in [0.25, 0.3) is 0 Å². The summed E-state index contributed by atoms with van der Waals surface area (Å²) in [6.07, 6.45) is 8.02. The topological polar surface area (TPSA) is 69.7 Å². The number of carbonyl (C=O) groups excluding carboxylic acids is 3. The van der Waals surface area contributed by atoms with Gasteiger partial charge in [-0.05, 0) is 55.3 Å². The Kier molecular flexibility index (Phi) is 4.05. The summed E-state index contributed by atoms with van der Waals surface area (Å²) in [5.74, 6) is 1.28. The van der Waals surface area contributed by atoms with E-state index in [4.69, 9.17) is 9.47 Å². The first-order valence-corrected chi connectivity index (χ1v) is 10.9. The van der Waals surface area contributed by atoms with Crippen molar-refractivity contribution in [2.45, 2.75) is 65.1 Å². The second-order valence-corrected chi connectivity index (χ2v) is 10.2. The zero-order chi connectivity index (χ0) is 19.8. The number of ether oxygens (including phenoxy) is 2. The van der Waals surface area contributed by atoms with E-state index in [1.54, 1.807) is 0 Å². The molecule has 2 saturated heterocycles. The molecule has 0 amide bonds. The largest absolute Gasteiger partial charge is 0.461 e. The fourth-order valence-electron chi connectivity index (χ4n) is 7.02. The lowest BCUT2D eigenvalue weighted by Crippen LogP contribution is -2.62. The van der Waals surface area contributed by atoms with Crippen molar-refractivity contribution in [2.75, 3.05) is 0 Å². The molecular weight excluding hydrogens is 356 g/mol. The standard InChI is InChI=1S/C23H30O5/c1-11(2)21(25)28-20-12(3)6-17-16(20)5-4-13-7-14-8-15-9-19(24)23(14,10-18(13)17)22(26)27-15/h4-5,11-18,20H,6-10H2,1-3H3/t12-,13-,14?,15-,16+,17+,18+,20-,23+/m1/s1. The molecular formula is C23H30O5. The number of esters is 2. The SMILES string of the molecule is CC(C)C(=O)O[C@H]1[C@H]2C=C[C@@H]3CC4C[C@@H]5CC(=O)[C@@]4(C[C@@H]3[C@H]2C[C@H]1C)C(=O)O5. The Morgan fingerprint density at radius 3 is 2.68 bits per heavy atom. The molecule has 0 radical (unpaired) electrons. The molecule has 28 heavy (non-hydrogen) atoms. The average Bonchev–Trinajstić information content (AvgIpc) is 2.95. The van der Waals surface area contributed by atoms with Gasteiger partial charge in [0.2, 0.25) is 0 Å². The van der Waals surface area contributed by atoms with Crippen molar-refractivity contribution in [3.05, 3.63) is 12.2 Å². The lowest BCUT2D eigenvalue weighted by atomic mass is 9.49. The molecule has 152 valence electrons. The van der Waals surface area contributed by atoms with Crippen LogP contribution < -0.4 is 0 Å². The fraction of sp³-hybridized carbons (Fsp3) is 0.783. The molecule has 9 atom stereocenters. The van der Waals surface area contributed by atoms with Crippen LogP contribution in [0.1, 0.15) is 52.9 Å². The van der Waals surface area contributed by atoms with Crippen LogP contribution in [0.2, 0.25) is 0 Å². The second-order valence-electron chi connectivity index (χ2n) is 10.2. The number of ketones is 1. The normalized spacial score (nSPS) is 48.7. The van der Waals surface area contributed by atoms with Crippen LogP contribution in [-0.4, -0.2) is 29.9 Å². The van der Waals surface area contributed by atoms with Gasteiger partial charge in [0.25, 0.3) is 0 Å². The van der Waals surface area contributed by atoms with Gasteiger partial charge in [0.1, 0.15) is 17.6 Å². The van der Waals surface area contributed by atoms with E-state index in [2.05, 4.69) is 19.1 Å². The Labute approximate surface area is 166 Å². The highest BCUT2D eigenvalue weighted by molar-refractivity contribution is 6.07. The van der Waals surface area contributed by atoms with Gasteiger partial charge >= 0.3 is 11.9 Å². The highest BCUT2D eigenvalue weighted by Gasteiger charge is 2.66. The summed E-state index contributed by atoms with van der Waals surface area (Å²) in [5.41, 5.74) is -0.901. The molecule has 2 heterocycles. The molecule has 5 heteroatoms. The van der Waals surface area contributed by atoms with Crippen LogP contribution in [-0.2, 0) is 23.9 Å². The molecule has 0 N–H and O–H groups in total. The minimum absolute atomic E-state index is 0.0999. The van der Waals surface area contributed by atoms with Crippen LogP contribution in [0.4, 0.5) is 0 Å². The zero-order valence-electron chi connectivity index (χ0n) is 16.9. The van der Waals surface area contributed by atoms with E-state index in [9.17, 15) is 14.4 Å². The molecule has 5 nitrogen and oxygen atoms in total. The van der Waals surface area contributed by atoms with Gasteiger partial charge in [-0.15, -0.1) is 0 Å². The van der Waals surface area contributed by atoms with Crippen LogP contribution >= 0.6 is 0 Å². The lowest BCUT2D eigenvalue weighted by Gasteiger charge is -2.56. The monoisotopic (exact) mass is 386 g/mol. The van der Waals surface area contributed by atoms with E-state index in [1.165, 1.54) is 0 Å². The Hall–Kier alpha value is -1.65. The molecule has 0 aromatic rings. The minimum atomic E-state index is -0.901. The molecule has 5 fully saturated rings. The van der Waals surface area contributed by atoms with E-state index < -0.39 is 5.41 Å². The van der Waals surface area contributed by atoms with Crippen LogP contribution in [0, 0.1) is 46.8 Å². The third-order valence-corrected chi connectivity index (χ3v) is 8.39. The van der Waals surface area contributed by atoms with E-state index in [0.717, 1.165) is 19.3 Å². The summed E-state index contributed by atoms with van der Waals surface area (Å²) in [7, 11) is 0. The number of carbonyl (C=O) groups is 3. The van der Waals surface area contributed by atoms with Gasteiger partial charge in [0.05, 0.1) is 5.92 Å². The molecule has 6 rings (SSSR count). The third-order valence-electron chi connectivity index (χ3n) is 8.39. The molecule has 4 aliphatic carbocycles. The Balaban J connectivity index is 1.44. The quantitative estimate of drug-likeness (QED) is 0.414. The maximum atomic E-state index is 12.9. The number of hydrogen-bond acceptors (Lipinski definition) is 5. The van der Waals surface area contributed by atoms with Gasteiger partial charge in [-0.25, -0.2) is 0 Å². The molecule has 0 aromatic heterocycles. The second kappa shape index (κ2) is 6.17. The number of Topliss-reactive ketones (excluding diaryl/α,β-unsaturated/α-hetero) is 1. The van der Waals surface area contributed by atoms with Gasteiger partial charge in [0.15, 0.2) is 5.78 Å². The number of rotatable bonds is 2. The van der Waals surface area contributed by atoms with Gasteiger partial charge in [0, 0.05) is 12.3 Å². The summed E-state index contributed by atoms with van der Waals surface area (Å²) >= 11 is 0. The summed E-state index contributed by atoms with van der Waals surface area (Å²) in [5, 5.41) is 0. The van der Waals surface area contributed by atoms with E-state index in [1.807, 2.05) is 13.8 Å². The predicted octanol–water partition coefficient (Wildman–Crippen LogP) is 3.31. The molecule has 2 aliphatic heterocycles. The molecule has 1 spiro atoms. The molecule has 6 aliphatic rings. The number of allylic oxidation sites excluding steroid dienone is 1. The zero-order valence-corrected chi connectivity index (χ0v) is 16.9. The molecule has 3 saturated carbocycles. The van der Waals surface area contributed by atoms with Crippen LogP contribution in [0.15, 0.2) is 12.2 Å². The summed E-state index contributed by atoms with van der Waals surface area (Å²) in [6.45, 7) is 5.89. The Morgan fingerprint density at radius 1 is 1.18 bits per heavy atom. The highest BCUT2D eigenvalue weighted by atomic mass is 16.6. The molecule has 0 aromatic carbocycles. The molecule has 1 unspecified atom stereocenters. The van der Waals surface area contributed by atoms with Gasteiger partial charge < -0.3 is 9.47 Å². The van der Waals surface area contributed by atoms with E-state index in [-0.39, 0.29) is 47.7 Å². The van der Waals surface area contributed by atoms with Crippen molar-refractivity contribution in [1.29, 1.82) is 0 Å². The van der Waals surface area contributed by atoms with Crippen LogP contribution in [0.3, 0.4) is 0 Å². The number of fused-ring (bicyclic) bond motifs is 5. The van der Waals surface area contributed by atoms with Crippen molar-refractivity contribution < 1.29 is 23.9 Å². The third kappa shape index (κ3) is 2.40. The van der Waals surface area contributed by atoms with Crippen molar-refractivity contribution in [2.24, 2.45) is 46.8 Å². The Morgan fingerprint density at radius 2 is 1.96 bits per heavy atom. The van der Waals surface area contributed by atoms with Crippen LogP contribution in [0.5, 0.6) is 0 Å². The first-order valence-electron chi connectivity index (χ1n) is 10.9.